The largest absolute Gasteiger partial charge is 0.506 e. The summed E-state index contributed by atoms with van der Waals surface area (Å²) in [5.41, 5.74) is 0.921. The SMILES string of the molecule is CCN=C(NCC)N1CCN(c2ccccc2O)CC1. The van der Waals surface area contributed by atoms with Crippen molar-refractivity contribution < 1.29 is 5.11 Å². The highest BCUT2D eigenvalue weighted by Crippen LogP contribution is 2.27. The molecule has 110 valence electrons. The van der Waals surface area contributed by atoms with E-state index >= 15 is 0 Å². The zero-order chi connectivity index (χ0) is 14.4. The minimum Gasteiger partial charge on any atom is -0.506 e. The maximum Gasteiger partial charge on any atom is 0.194 e. The number of hydrogen-bond donors (Lipinski definition) is 2. The smallest absolute Gasteiger partial charge is 0.194 e. The molecule has 5 nitrogen and oxygen atoms in total. The molecule has 1 aromatic carbocycles. The third-order valence-corrected chi connectivity index (χ3v) is 3.44. The minimum atomic E-state index is 0.357. The Morgan fingerprint density at radius 2 is 1.90 bits per heavy atom. The molecule has 0 radical (unpaired) electrons. The van der Waals surface area contributed by atoms with Gasteiger partial charge in [0.25, 0.3) is 0 Å². The lowest BCUT2D eigenvalue weighted by Gasteiger charge is -2.37. The van der Waals surface area contributed by atoms with Crippen molar-refractivity contribution in [1.29, 1.82) is 0 Å². The van der Waals surface area contributed by atoms with Crippen molar-refractivity contribution in [2.45, 2.75) is 13.8 Å². The van der Waals surface area contributed by atoms with Crippen LogP contribution in [0.25, 0.3) is 0 Å². The van der Waals surface area contributed by atoms with E-state index in [1.54, 1.807) is 6.07 Å². The molecule has 0 atom stereocenters. The Labute approximate surface area is 120 Å². The minimum absolute atomic E-state index is 0.357. The molecule has 0 bridgehead atoms. The molecule has 1 fully saturated rings. The number of phenolic OH excluding ortho intramolecular Hbond substituents is 1. The molecule has 1 aliphatic heterocycles. The number of hydrogen-bond acceptors (Lipinski definition) is 3. The summed E-state index contributed by atoms with van der Waals surface area (Å²) in [6.07, 6.45) is 0. The van der Waals surface area contributed by atoms with Gasteiger partial charge in [-0.15, -0.1) is 0 Å². The summed E-state index contributed by atoms with van der Waals surface area (Å²) in [6.45, 7) is 9.44. The van der Waals surface area contributed by atoms with E-state index in [-0.39, 0.29) is 0 Å². The lowest BCUT2D eigenvalue weighted by Crippen LogP contribution is -2.52. The normalized spacial score (nSPS) is 16.4. The van der Waals surface area contributed by atoms with Crippen LogP contribution in [0, 0.1) is 0 Å². The van der Waals surface area contributed by atoms with Gasteiger partial charge in [0.15, 0.2) is 5.96 Å². The maximum atomic E-state index is 9.91. The van der Waals surface area contributed by atoms with Gasteiger partial charge < -0.3 is 20.2 Å². The van der Waals surface area contributed by atoms with Gasteiger partial charge in [-0.25, -0.2) is 0 Å². The average Bonchev–Trinajstić information content (AvgIpc) is 2.48. The lowest BCUT2D eigenvalue weighted by atomic mass is 10.2. The second-order valence-corrected chi connectivity index (χ2v) is 4.79. The van der Waals surface area contributed by atoms with Gasteiger partial charge >= 0.3 is 0 Å². The Balaban J connectivity index is 1.98. The van der Waals surface area contributed by atoms with Gasteiger partial charge in [0.2, 0.25) is 0 Å². The number of anilines is 1. The highest BCUT2D eigenvalue weighted by molar-refractivity contribution is 5.80. The van der Waals surface area contributed by atoms with E-state index < -0.39 is 0 Å². The topological polar surface area (TPSA) is 51.1 Å². The molecule has 0 aromatic heterocycles. The van der Waals surface area contributed by atoms with E-state index in [0.717, 1.165) is 50.9 Å². The summed E-state index contributed by atoms with van der Waals surface area (Å²) < 4.78 is 0. The van der Waals surface area contributed by atoms with Crippen molar-refractivity contribution in [3.05, 3.63) is 24.3 Å². The number of guanidine groups is 1. The number of benzene rings is 1. The van der Waals surface area contributed by atoms with E-state index in [9.17, 15) is 5.11 Å². The Hall–Kier alpha value is -1.91. The first-order chi connectivity index (χ1) is 9.76. The van der Waals surface area contributed by atoms with E-state index in [0.29, 0.717) is 5.75 Å². The van der Waals surface area contributed by atoms with Crippen molar-refractivity contribution in [2.75, 3.05) is 44.2 Å². The van der Waals surface area contributed by atoms with Crippen molar-refractivity contribution in [2.24, 2.45) is 4.99 Å². The summed E-state index contributed by atoms with van der Waals surface area (Å²) >= 11 is 0. The first kappa shape index (κ1) is 14.5. The van der Waals surface area contributed by atoms with Crippen LogP contribution in [0.3, 0.4) is 0 Å². The summed E-state index contributed by atoms with van der Waals surface area (Å²) in [4.78, 5) is 9.02. The van der Waals surface area contributed by atoms with Crippen molar-refractivity contribution in [3.63, 3.8) is 0 Å². The van der Waals surface area contributed by atoms with Gasteiger partial charge in [-0.3, -0.25) is 4.99 Å². The number of para-hydroxylation sites is 2. The Morgan fingerprint density at radius 3 is 2.50 bits per heavy atom. The molecule has 0 amide bonds. The van der Waals surface area contributed by atoms with Crippen LogP contribution in [-0.4, -0.2) is 55.2 Å². The lowest BCUT2D eigenvalue weighted by molar-refractivity contribution is 0.370. The van der Waals surface area contributed by atoms with Crippen LogP contribution in [-0.2, 0) is 0 Å². The molecule has 2 N–H and O–H groups in total. The zero-order valence-corrected chi connectivity index (χ0v) is 12.3. The van der Waals surface area contributed by atoms with E-state index in [2.05, 4.69) is 34.0 Å². The molecular formula is C15H24N4O. The fourth-order valence-electron chi connectivity index (χ4n) is 2.47. The zero-order valence-electron chi connectivity index (χ0n) is 12.3. The molecule has 1 heterocycles. The first-order valence-electron chi connectivity index (χ1n) is 7.32. The quantitative estimate of drug-likeness (QED) is 0.649. The number of phenols is 1. The standard InChI is InChI=1S/C15H24N4O/c1-3-16-15(17-4-2)19-11-9-18(10-12-19)13-7-5-6-8-14(13)20/h5-8,20H,3-4,9-12H2,1-2H3,(H,16,17). The number of piperazine rings is 1. The Bertz CT molecular complexity index is 453. The van der Waals surface area contributed by atoms with Crippen molar-refractivity contribution in [3.8, 4) is 5.75 Å². The number of aliphatic imine (C=N–C) groups is 1. The molecule has 2 rings (SSSR count). The van der Waals surface area contributed by atoms with Crippen LogP contribution in [0.15, 0.2) is 29.3 Å². The predicted molar refractivity (Wildman–Crippen MR) is 83.5 cm³/mol. The maximum absolute atomic E-state index is 9.91. The molecule has 1 saturated heterocycles. The molecular weight excluding hydrogens is 252 g/mol. The van der Waals surface area contributed by atoms with Crippen LogP contribution in [0.5, 0.6) is 5.75 Å². The molecule has 1 aliphatic rings. The van der Waals surface area contributed by atoms with Crippen LogP contribution in [0.1, 0.15) is 13.8 Å². The highest BCUT2D eigenvalue weighted by atomic mass is 16.3. The summed E-state index contributed by atoms with van der Waals surface area (Å²) in [5.74, 6) is 1.35. The summed E-state index contributed by atoms with van der Waals surface area (Å²) in [5, 5.41) is 13.2. The van der Waals surface area contributed by atoms with Crippen LogP contribution >= 0.6 is 0 Å². The van der Waals surface area contributed by atoms with Gasteiger partial charge in [-0.2, -0.15) is 0 Å². The summed E-state index contributed by atoms with van der Waals surface area (Å²) in [6, 6.07) is 7.52. The fraction of sp³-hybridized carbons (Fsp3) is 0.533. The van der Waals surface area contributed by atoms with Crippen molar-refractivity contribution >= 4 is 11.6 Å². The first-order valence-corrected chi connectivity index (χ1v) is 7.32. The van der Waals surface area contributed by atoms with Gasteiger partial charge in [0.1, 0.15) is 5.75 Å². The van der Waals surface area contributed by atoms with Crippen LogP contribution < -0.4 is 10.2 Å². The van der Waals surface area contributed by atoms with E-state index in [1.165, 1.54) is 0 Å². The molecule has 0 aliphatic carbocycles. The molecule has 5 heteroatoms. The fourth-order valence-corrected chi connectivity index (χ4v) is 2.47. The molecule has 1 aromatic rings. The Kier molecular flexibility index (Phi) is 5.09. The molecule has 20 heavy (non-hydrogen) atoms. The predicted octanol–water partition coefficient (Wildman–Crippen LogP) is 1.50. The highest BCUT2D eigenvalue weighted by Gasteiger charge is 2.20. The van der Waals surface area contributed by atoms with Gasteiger partial charge in [-0.1, -0.05) is 12.1 Å². The molecule has 0 unspecified atom stereocenters. The second kappa shape index (κ2) is 7.03. The molecule has 0 spiro atoms. The van der Waals surface area contributed by atoms with Gasteiger partial charge in [0.05, 0.1) is 5.69 Å². The van der Waals surface area contributed by atoms with Crippen LogP contribution in [0.4, 0.5) is 5.69 Å². The second-order valence-electron chi connectivity index (χ2n) is 4.79. The van der Waals surface area contributed by atoms with Gasteiger partial charge in [-0.05, 0) is 26.0 Å². The average molecular weight is 276 g/mol. The number of aromatic hydroxyl groups is 1. The third kappa shape index (κ3) is 3.35. The monoisotopic (exact) mass is 276 g/mol. The van der Waals surface area contributed by atoms with Crippen LogP contribution in [0.2, 0.25) is 0 Å². The van der Waals surface area contributed by atoms with E-state index in [4.69, 9.17) is 0 Å². The Morgan fingerprint density at radius 1 is 1.20 bits per heavy atom. The third-order valence-electron chi connectivity index (χ3n) is 3.44. The molecule has 0 saturated carbocycles. The van der Waals surface area contributed by atoms with E-state index in [1.807, 2.05) is 18.2 Å². The summed E-state index contributed by atoms with van der Waals surface area (Å²) in [7, 11) is 0. The number of rotatable bonds is 3. The number of nitrogens with one attached hydrogen (secondary N) is 1. The van der Waals surface area contributed by atoms with Crippen molar-refractivity contribution in [1.82, 2.24) is 10.2 Å². The van der Waals surface area contributed by atoms with Gasteiger partial charge in [0, 0.05) is 39.3 Å². The number of nitrogens with zero attached hydrogens (tertiary/aromatic N) is 3.